The van der Waals surface area contributed by atoms with Crippen LogP contribution < -0.4 is 0 Å². The molecule has 1 aliphatic rings. The summed E-state index contributed by atoms with van der Waals surface area (Å²) in [5, 5.41) is 0. The second-order valence-corrected chi connectivity index (χ2v) is 7.32. The van der Waals surface area contributed by atoms with Crippen LogP contribution in [-0.4, -0.2) is 39.1 Å². The Labute approximate surface area is 131 Å². The number of hydrogen-bond acceptors (Lipinski definition) is 3. The van der Waals surface area contributed by atoms with Crippen LogP contribution in [0.5, 0.6) is 0 Å². The minimum Gasteiger partial charge on any atom is -0.379 e. The molecule has 0 amide bonds. The van der Waals surface area contributed by atoms with E-state index >= 15 is 0 Å². The van der Waals surface area contributed by atoms with Crippen LogP contribution in [0.1, 0.15) is 53.9 Å². The van der Waals surface area contributed by atoms with E-state index in [0.717, 1.165) is 18.4 Å². The Balaban J connectivity index is 2.07. The molecule has 0 N–H and O–H groups in total. The van der Waals surface area contributed by atoms with Crippen LogP contribution in [0.15, 0.2) is 0 Å². The van der Waals surface area contributed by atoms with Gasteiger partial charge in [-0.25, -0.2) is 0 Å². The Kier molecular flexibility index (Phi) is 9.54. The predicted octanol–water partition coefficient (Wildman–Crippen LogP) is 4.15. The molecule has 3 heteroatoms. The van der Waals surface area contributed by atoms with Gasteiger partial charge in [0, 0.05) is 6.61 Å². The molecule has 0 saturated heterocycles. The van der Waals surface area contributed by atoms with Gasteiger partial charge in [0.2, 0.25) is 0 Å². The lowest BCUT2D eigenvalue weighted by molar-refractivity contribution is -0.0627. The Morgan fingerprint density at radius 3 is 2.24 bits per heavy atom. The summed E-state index contributed by atoms with van der Waals surface area (Å²) in [5.41, 5.74) is 0. The first-order chi connectivity index (χ1) is 10.0. The van der Waals surface area contributed by atoms with Gasteiger partial charge in [0.05, 0.1) is 32.5 Å². The average molecular weight is 300 g/mol. The highest BCUT2D eigenvalue weighted by Gasteiger charge is 2.31. The Morgan fingerprint density at radius 1 is 0.905 bits per heavy atom. The van der Waals surface area contributed by atoms with Crippen molar-refractivity contribution < 1.29 is 14.2 Å². The van der Waals surface area contributed by atoms with E-state index in [-0.39, 0.29) is 0 Å². The zero-order valence-electron chi connectivity index (χ0n) is 14.8. The molecule has 0 heterocycles. The van der Waals surface area contributed by atoms with E-state index in [9.17, 15) is 0 Å². The van der Waals surface area contributed by atoms with Gasteiger partial charge in [0.15, 0.2) is 0 Å². The molecule has 3 atom stereocenters. The van der Waals surface area contributed by atoms with Crippen molar-refractivity contribution in [3.05, 3.63) is 0 Å². The molecule has 0 bridgehead atoms. The summed E-state index contributed by atoms with van der Waals surface area (Å²) < 4.78 is 17.2. The average Bonchev–Trinajstić information content (AvgIpc) is 2.41. The monoisotopic (exact) mass is 300 g/mol. The molecule has 0 aromatic heterocycles. The molecule has 0 radical (unpaired) electrons. The molecular weight excluding hydrogens is 264 g/mol. The van der Waals surface area contributed by atoms with Crippen molar-refractivity contribution in [1.29, 1.82) is 0 Å². The van der Waals surface area contributed by atoms with E-state index < -0.39 is 0 Å². The molecular formula is C18H36O3. The molecule has 1 saturated carbocycles. The predicted molar refractivity (Wildman–Crippen MR) is 87.6 cm³/mol. The molecule has 0 spiro atoms. The molecule has 21 heavy (non-hydrogen) atoms. The molecule has 1 fully saturated rings. The second-order valence-electron chi connectivity index (χ2n) is 7.32. The lowest BCUT2D eigenvalue weighted by Crippen LogP contribution is -2.35. The summed E-state index contributed by atoms with van der Waals surface area (Å²) in [4.78, 5) is 0. The minimum absolute atomic E-state index is 0.426. The van der Waals surface area contributed by atoms with Gasteiger partial charge in [0.1, 0.15) is 0 Å². The van der Waals surface area contributed by atoms with Gasteiger partial charge in [-0.15, -0.1) is 0 Å². The molecule has 0 aliphatic heterocycles. The SMILES string of the molecule is CC(C)COCCOCCOC1CC(C)CCC1C(C)C. The van der Waals surface area contributed by atoms with Crippen molar-refractivity contribution in [3.63, 3.8) is 0 Å². The highest BCUT2D eigenvalue weighted by atomic mass is 16.5. The van der Waals surface area contributed by atoms with Crippen molar-refractivity contribution >= 4 is 0 Å². The van der Waals surface area contributed by atoms with Crippen molar-refractivity contribution in [2.75, 3.05) is 33.0 Å². The van der Waals surface area contributed by atoms with Crippen molar-refractivity contribution in [1.82, 2.24) is 0 Å². The Bertz CT molecular complexity index is 253. The van der Waals surface area contributed by atoms with Crippen LogP contribution in [0.3, 0.4) is 0 Å². The minimum atomic E-state index is 0.426. The molecule has 1 rings (SSSR count). The fraction of sp³-hybridized carbons (Fsp3) is 1.00. The maximum Gasteiger partial charge on any atom is 0.0704 e. The lowest BCUT2D eigenvalue weighted by atomic mass is 9.75. The lowest BCUT2D eigenvalue weighted by Gasteiger charge is -2.37. The van der Waals surface area contributed by atoms with Crippen molar-refractivity contribution in [3.8, 4) is 0 Å². The van der Waals surface area contributed by atoms with E-state index in [0.29, 0.717) is 44.4 Å². The molecule has 0 aromatic rings. The van der Waals surface area contributed by atoms with Crippen LogP contribution >= 0.6 is 0 Å². The van der Waals surface area contributed by atoms with Crippen molar-refractivity contribution in [2.45, 2.75) is 60.0 Å². The fourth-order valence-corrected chi connectivity index (χ4v) is 3.10. The summed E-state index contributed by atoms with van der Waals surface area (Å²) in [7, 11) is 0. The van der Waals surface area contributed by atoms with E-state index in [1.165, 1.54) is 19.3 Å². The fourth-order valence-electron chi connectivity index (χ4n) is 3.10. The third-order valence-corrected chi connectivity index (χ3v) is 4.34. The first kappa shape index (κ1) is 18.9. The third kappa shape index (κ3) is 8.18. The smallest absolute Gasteiger partial charge is 0.0704 e. The van der Waals surface area contributed by atoms with Crippen LogP contribution in [0.25, 0.3) is 0 Å². The van der Waals surface area contributed by atoms with Gasteiger partial charge in [-0.05, 0) is 36.5 Å². The van der Waals surface area contributed by atoms with E-state index in [1.807, 2.05) is 0 Å². The van der Waals surface area contributed by atoms with Crippen LogP contribution in [-0.2, 0) is 14.2 Å². The molecule has 3 unspecified atom stereocenters. The Morgan fingerprint density at radius 2 is 1.57 bits per heavy atom. The van der Waals surface area contributed by atoms with Crippen LogP contribution in [0.2, 0.25) is 0 Å². The largest absolute Gasteiger partial charge is 0.379 e. The Hall–Kier alpha value is -0.120. The van der Waals surface area contributed by atoms with Gasteiger partial charge < -0.3 is 14.2 Å². The number of ether oxygens (including phenoxy) is 3. The van der Waals surface area contributed by atoms with Crippen LogP contribution in [0, 0.1) is 23.7 Å². The topological polar surface area (TPSA) is 27.7 Å². The first-order valence-electron chi connectivity index (χ1n) is 8.77. The standard InChI is InChI=1S/C18H36O3/c1-14(2)13-20-9-8-19-10-11-21-18-12-16(5)6-7-17(18)15(3)4/h14-18H,6-13H2,1-5H3. The molecule has 3 nitrogen and oxygen atoms in total. The first-order valence-corrected chi connectivity index (χ1v) is 8.77. The van der Waals surface area contributed by atoms with Crippen molar-refractivity contribution in [2.24, 2.45) is 23.7 Å². The zero-order chi connectivity index (χ0) is 15.7. The maximum atomic E-state index is 6.11. The number of hydrogen-bond donors (Lipinski definition) is 0. The van der Waals surface area contributed by atoms with E-state index in [2.05, 4.69) is 34.6 Å². The highest BCUT2D eigenvalue weighted by Crippen LogP contribution is 2.35. The third-order valence-electron chi connectivity index (χ3n) is 4.34. The normalized spacial score (nSPS) is 26.7. The summed E-state index contributed by atoms with van der Waals surface area (Å²) in [6.45, 7) is 14.9. The highest BCUT2D eigenvalue weighted by molar-refractivity contribution is 4.81. The zero-order valence-corrected chi connectivity index (χ0v) is 14.8. The summed E-state index contributed by atoms with van der Waals surface area (Å²) in [6.07, 6.45) is 4.30. The van der Waals surface area contributed by atoms with E-state index in [4.69, 9.17) is 14.2 Å². The maximum absolute atomic E-state index is 6.11. The van der Waals surface area contributed by atoms with Gasteiger partial charge in [-0.3, -0.25) is 0 Å². The molecule has 0 aromatic carbocycles. The second kappa shape index (κ2) is 10.6. The van der Waals surface area contributed by atoms with Gasteiger partial charge in [-0.2, -0.15) is 0 Å². The number of rotatable bonds is 10. The summed E-state index contributed by atoms with van der Waals surface area (Å²) in [6, 6.07) is 0. The van der Waals surface area contributed by atoms with Gasteiger partial charge >= 0.3 is 0 Å². The van der Waals surface area contributed by atoms with Gasteiger partial charge in [-0.1, -0.05) is 41.0 Å². The molecule has 126 valence electrons. The van der Waals surface area contributed by atoms with Crippen LogP contribution in [0.4, 0.5) is 0 Å². The van der Waals surface area contributed by atoms with E-state index in [1.54, 1.807) is 0 Å². The summed E-state index contributed by atoms with van der Waals surface area (Å²) >= 11 is 0. The molecule has 1 aliphatic carbocycles. The summed E-state index contributed by atoms with van der Waals surface area (Å²) in [5.74, 6) is 2.83. The quantitative estimate of drug-likeness (QED) is 0.567. The van der Waals surface area contributed by atoms with Gasteiger partial charge in [0.25, 0.3) is 0 Å².